The third-order valence-corrected chi connectivity index (χ3v) is 3.45. The molecule has 18 heavy (non-hydrogen) atoms. The van der Waals surface area contributed by atoms with Gasteiger partial charge < -0.3 is 20.9 Å². The lowest BCUT2D eigenvalue weighted by Crippen LogP contribution is -2.32. The van der Waals surface area contributed by atoms with Gasteiger partial charge in [-0.25, -0.2) is 0 Å². The lowest BCUT2D eigenvalue weighted by molar-refractivity contribution is 0.141. The Hall–Kier alpha value is -1.10. The fourth-order valence-electron chi connectivity index (χ4n) is 2.06. The van der Waals surface area contributed by atoms with E-state index in [1.807, 2.05) is 33.0 Å². The van der Waals surface area contributed by atoms with Crippen LogP contribution >= 0.6 is 0 Å². The average molecular weight is 252 g/mol. The van der Waals surface area contributed by atoms with E-state index in [1.165, 1.54) is 0 Å². The summed E-state index contributed by atoms with van der Waals surface area (Å²) in [7, 11) is 3.53. The molecule has 4 nitrogen and oxygen atoms in total. The fraction of sp³-hybridized carbons (Fsp3) is 0.571. The average Bonchev–Trinajstić information content (AvgIpc) is 2.38. The van der Waals surface area contributed by atoms with E-state index in [0.29, 0.717) is 0 Å². The molecule has 0 saturated carbocycles. The SMILES string of the molecule is CNCCC(N)C(O)c1ccc(OC)c(C)c1C. The van der Waals surface area contributed by atoms with Gasteiger partial charge in [-0.05, 0) is 56.6 Å². The van der Waals surface area contributed by atoms with Crippen LogP contribution in [-0.2, 0) is 0 Å². The summed E-state index contributed by atoms with van der Waals surface area (Å²) in [5.41, 5.74) is 8.98. The van der Waals surface area contributed by atoms with Gasteiger partial charge in [-0.2, -0.15) is 0 Å². The van der Waals surface area contributed by atoms with Crippen molar-refractivity contribution in [2.75, 3.05) is 20.7 Å². The molecule has 1 rings (SSSR count). The van der Waals surface area contributed by atoms with Gasteiger partial charge in [0.15, 0.2) is 0 Å². The standard InChI is InChI=1S/C14H24N2O2/c1-9-10(2)13(18-4)6-5-11(9)14(17)12(15)7-8-16-3/h5-6,12,14,16-17H,7-8,15H2,1-4H3. The van der Waals surface area contributed by atoms with Crippen LogP contribution < -0.4 is 15.8 Å². The molecule has 0 aliphatic carbocycles. The first-order chi connectivity index (χ1) is 8.52. The van der Waals surface area contributed by atoms with Crippen LogP contribution in [0.4, 0.5) is 0 Å². The Kier molecular flexibility index (Phi) is 5.59. The lowest BCUT2D eigenvalue weighted by Gasteiger charge is -2.22. The van der Waals surface area contributed by atoms with Crippen LogP contribution in [0.3, 0.4) is 0 Å². The minimum Gasteiger partial charge on any atom is -0.496 e. The fourth-order valence-corrected chi connectivity index (χ4v) is 2.06. The monoisotopic (exact) mass is 252 g/mol. The Morgan fingerprint density at radius 3 is 2.56 bits per heavy atom. The van der Waals surface area contributed by atoms with Crippen molar-refractivity contribution in [2.45, 2.75) is 32.4 Å². The number of nitrogens with one attached hydrogen (secondary N) is 1. The summed E-state index contributed by atoms with van der Waals surface area (Å²) in [5, 5.41) is 13.3. The van der Waals surface area contributed by atoms with Gasteiger partial charge in [-0.3, -0.25) is 0 Å². The summed E-state index contributed by atoms with van der Waals surface area (Å²) < 4.78 is 5.26. The normalized spacial score (nSPS) is 14.3. The van der Waals surface area contributed by atoms with Gasteiger partial charge in [0.25, 0.3) is 0 Å². The number of benzene rings is 1. The Balaban J connectivity index is 2.92. The van der Waals surface area contributed by atoms with Crippen molar-refractivity contribution < 1.29 is 9.84 Å². The molecule has 4 N–H and O–H groups in total. The van der Waals surface area contributed by atoms with E-state index < -0.39 is 6.10 Å². The smallest absolute Gasteiger partial charge is 0.122 e. The first kappa shape index (κ1) is 15.0. The molecule has 0 amide bonds. The predicted molar refractivity (Wildman–Crippen MR) is 73.9 cm³/mol. The molecule has 1 aromatic carbocycles. The molecule has 1 aromatic rings. The van der Waals surface area contributed by atoms with Crippen molar-refractivity contribution in [1.82, 2.24) is 5.32 Å². The third kappa shape index (κ3) is 3.22. The highest BCUT2D eigenvalue weighted by Gasteiger charge is 2.20. The molecular weight excluding hydrogens is 228 g/mol. The second-order valence-corrected chi connectivity index (χ2v) is 4.61. The number of hydrogen-bond acceptors (Lipinski definition) is 4. The van der Waals surface area contributed by atoms with Gasteiger partial charge in [0, 0.05) is 6.04 Å². The molecule has 0 fully saturated rings. The van der Waals surface area contributed by atoms with Gasteiger partial charge in [0.2, 0.25) is 0 Å². The zero-order chi connectivity index (χ0) is 13.7. The zero-order valence-corrected chi connectivity index (χ0v) is 11.7. The molecule has 102 valence electrons. The Labute approximate surface area is 109 Å². The summed E-state index contributed by atoms with van der Waals surface area (Å²) in [6.07, 6.45) is 0.102. The maximum Gasteiger partial charge on any atom is 0.122 e. The van der Waals surface area contributed by atoms with Crippen LogP contribution in [0, 0.1) is 13.8 Å². The topological polar surface area (TPSA) is 67.5 Å². The highest BCUT2D eigenvalue weighted by molar-refractivity contribution is 5.44. The maximum atomic E-state index is 10.3. The largest absolute Gasteiger partial charge is 0.496 e. The van der Waals surface area contributed by atoms with E-state index in [1.54, 1.807) is 7.11 Å². The summed E-state index contributed by atoms with van der Waals surface area (Å²) in [4.78, 5) is 0. The minimum atomic E-state index is -0.636. The molecular formula is C14H24N2O2. The molecule has 0 bridgehead atoms. The van der Waals surface area contributed by atoms with Gasteiger partial charge in [-0.15, -0.1) is 0 Å². The quantitative estimate of drug-likeness (QED) is 0.713. The number of aliphatic hydroxyl groups excluding tert-OH is 1. The highest BCUT2D eigenvalue weighted by atomic mass is 16.5. The Morgan fingerprint density at radius 2 is 2.00 bits per heavy atom. The van der Waals surface area contributed by atoms with Crippen molar-refractivity contribution >= 4 is 0 Å². The van der Waals surface area contributed by atoms with E-state index in [4.69, 9.17) is 10.5 Å². The number of ether oxygens (including phenoxy) is 1. The Bertz CT molecular complexity index is 394. The second-order valence-electron chi connectivity index (χ2n) is 4.61. The van der Waals surface area contributed by atoms with E-state index in [0.717, 1.165) is 35.4 Å². The molecule has 2 unspecified atom stereocenters. The summed E-state index contributed by atoms with van der Waals surface area (Å²) in [5.74, 6) is 0.840. The van der Waals surface area contributed by atoms with Crippen molar-refractivity contribution in [3.8, 4) is 5.75 Å². The van der Waals surface area contributed by atoms with Gasteiger partial charge in [-0.1, -0.05) is 6.07 Å². The van der Waals surface area contributed by atoms with Gasteiger partial charge in [0.1, 0.15) is 5.75 Å². The first-order valence-electron chi connectivity index (χ1n) is 6.25. The number of methoxy groups -OCH3 is 1. The van der Waals surface area contributed by atoms with Gasteiger partial charge >= 0.3 is 0 Å². The van der Waals surface area contributed by atoms with Crippen molar-refractivity contribution in [3.05, 3.63) is 28.8 Å². The maximum absolute atomic E-state index is 10.3. The molecule has 0 spiro atoms. The summed E-state index contributed by atoms with van der Waals surface area (Å²) in [6, 6.07) is 3.51. The lowest BCUT2D eigenvalue weighted by atomic mass is 9.93. The van der Waals surface area contributed by atoms with E-state index >= 15 is 0 Å². The van der Waals surface area contributed by atoms with Crippen molar-refractivity contribution in [1.29, 1.82) is 0 Å². The molecule has 2 atom stereocenters. The summed E-state index contributed by atoms with van der Waals surface area (Å²) >= 11 is 0. The number of aliphatic hydroxyl groups is 1. The van der Waals surface area contributed by atoms with Crippen LogP contribution in [0.15, 0.2) is 12.1 Å². The number of hydrogen-bond donors (Lipinski definition) is 3. The van der Waals surface area contributed by atoms with E-state index in [-0.39, 0.29) is 6.04 Å². The number of rotatable bonds is 6. The number of nitrogens with two attached hydrogens (primary N) is 1. The first-order valence-corrected chi connectivity index (χ1v) is 6.25. The van der Waals surface area contributed by atoms with Crippen molar-refractivity contribution in [3.63, 3.8) is 0 Å². The Morgan fingerprint density at radius 1 is 1.33 bits per heavy atom. The molecule has 0 aromatic heterocycles. The molecule has 0 saturated heterocycles. The van der Waals surface area contributed by atoms with Crippen LogP contribution in [0.2, 0.25) is 0 Å². The molecule has 0 radical (unpaired) electrons. The van der Waals surface area contributed by atoms with Crippen molar-refractivity contribution in [2.24, 2.45) is 5.73 Å². The van der Waals surface area contributed by atoms with Crippen LogP contribution in [-0.4, -0.2) is 31.9 Å². The third-order valence-electron chi connectivity index (χ3n) is 3.45. The van der Waals surface area contributed by atoms with E-state index in [2.05, 4.69) is 5.32 Å². The van der Waals surface area contributed by atoms with E-state index in [9.17, 15) is 5.11 Å². The molecule has 4 heteroatoms. The zero-order valence-electron chi connectivity index (χ0n) is 11.7. The van der Waals surface area contributed by atoms with Crippen LogP contribution in [0.1, 0.15) is 29.2 Å². The second kappa shape index (κ2) is 6.73. The molecule has 0 aliphatic heterocycles. The molecule has 0 heterocycles. The van der Waals surface area contributed by atoms with Crippen LogP contribution in [0.25, 0.3) is 0 Å². The van der Waals surface area contributed by atoms with Crippen LogP contribution in [0.5, 0.6) is 5.75 Å². The molecule has 0 aliphatic rings. The van der Waals surface area contributed by atoms with Gasteiger partial charge in [0.05, 0.1) is 13.2 Å². The highest BCUT2D eigenvalue weighted by Crippen LogP contribution is 2.29. The summed E-state index contributed by atoms with van der Waals surface area (Å²) in [6.45, 7) is 4.77. The predicted octanol–water partition coefficient (Wildman–Crippen LogP) is 1.28. The minimum absolute atomic E-state index is 0.260.